The maximum atomic E-state index is 12.1. The Hall–Kier alpha value is -1.47. The summed E-state index contributed by atoms with van der Waals surface area (Å²) in [5.74, 6) is -0.259. The lowest BCUT2D eigenvalue weighted by atomic mass is 9.77. The van der Waals surface area contributed by atoms with E-state index >= 15 is 0 Å². The molecule has 0 bridgehead atoms. The van der Waals surface area contributed by atoms with Crippen molar-refractivity contribution in [3.8, 4) is 0 Å². The topological polar surface area (TPSA) is 99.0 Å². The number of hydrogen-bond acceptors (Lipinski definition) is 5. The first-order valence-corrected chi connectivity index (χ1v) is 7.09. The Labute approximate surface area is 122 Å². The van der Waals surface area contributed by atoms with Gasteiger partial charge in [-0.15, -0.1) is 0 Å². The van der Waals surface area contributed by atoms with Gasteiger partial charge in [0.2, 0.25) is 5.91 Å². The number of amides is 1. The quantitative estimate of drug-likeness (QED) is 0.566. The van der Waals surface area contributed by atoms with Crippen LogP contribution in [0.2, 0.25) is 0 Å². The first-order chi connectivity index (χ1) is 10.1. The van der Waals surface area contributed by atoms with Crippen LogP contribution in [-0.2, 0) is 16.0 Å². The van der Waals surface area contributed by atoms with Crippen molar-refractivity contribution in [2.45, 2.75) is 36.8 Å². The molecule has 1 aliphatic heterocycles. The minimum absolute atomic E-state index is 0.105. The second kappa shape index (κ2) is 5.73. The van der Waals surface area contributed by atoms with E-state index in [0.717, 1.165) is 12.0 Å². The standard InChI is InChI=1S/C15H19NO5/c17-7-12-14(19)13(18)11(21-12)6-16-15(20)10-5-8-3-1-2-4-9(8)10/h1-4,10-14,17-19H,5-7H2,(H,16,20)/t10?,11-,12-,13-,14-/m1/s1. The summed E-state index contributed by atoms with van der Waals surface area (Å²) in [6.45, 7) is -0.245. The fourth-order valence-corrected chi connectivity index (χ4v) is 2.96. The van der Waals surface area contributed by atoms with Crippen LogP contribution in [-0.4, -0.2) is 58.8 Å². The predicted molar refractivity (Wildman–Crippen MR) is 73.7 cm³/mol. The lowest BCUT2D eigenvalue weighted by Gasteiger charge is -2.29. The number of aliphatic hydroxyl groups is 3. The lowest BCUT2D eigenvalue weighted by molar-refractivity contribution is -0.124. The maximum Gasteiger partial charge on any atom is 0.227 e. The molecule has 0 saturated carbocycles. The van der Waals surface area contributed by atoms with Crippen LogP contribution in [0.3, 0.4) is 0 Å². The minimum atomic E-state index is -1.12. The highest BCUT2D eigenvalue weighted by molar-refractivity contribution is 5.86. The van der Waals surface area contributed by atoms with Crippen LogP contribution in [0.15, 0.2) is 24.3 Å². The van der Waals surface area contributed by atoms with Gasteiger partial charge < -0.3 is 25.4 Å². The van der Waals surface area contributed by atoms with Crippen LogP contribution in [0, 0.1) is 0 Å². The van der Waals surface area contributed by atoms with Gasteiger partial charge in [-0.25, -0.2) is 0 Å². The van der Waals surface area contributed by atoms with E-state index in [2.05, 4.69) is 5.32 Å². The Kier molecular flexibility index (Phi) is 3.95. The average molecular weight is 293 g/mol. The number of benzene rings is 1. The Balaban J connectivity index is 1.54. The van der Waals surface area contributed by atoms with Crippen molar-refractivity contribution >= 4 is 5.91 Å². The normalized spacial score (nSPS) is 34.1. The summed E-state index contributed by atoms with van der Waals surface area (Å²) in [5.41, 5.74) is 2.22. The third-order valence-corrected chi connectivity index (χ3v) is 4.29. The fraction of sp³-hybridized carbons (Fsp3) is 0.533. The van der Waals surface area contributed by atoms with Crippen LogP contribution < -0.4 is 5.32 Å². The first-order valence-electron chi connectivity index (χ1n) is 7.09. The lowest BCUT2D eigenvalue weighted by Crippen LogP contribution is -2.43. The van der Waals surface area contributed by atoms with Crippen molar-refractivity contribution in [2.75, 3.05) is 13.2 Å². The summed E-state index contributed by atoms with van der Waals surface area (Å²) in [4.78, 5) is 12.1. The molecule has 1 aromatic carbocycles. The molecule has 1 fully saturated rings. The molecule has 0 aromatic heterocycles. The summed E-state index contributed by atoms with van der Waals surface area (Å²) in [6.07, 6.45) is -3.00. The molecule has 6 nitrogen and oxygen atoms in total. The summed E-state index contributed by atoms with van der Waals surface area (Å²) in [7, 11) is 0. The number of nitrogens with one attached hydrogen (secondary N) is 1. The van der Waals surface area contributed by atoms with Gasteiger partial charge in [-0.1, -0.05) is 24.3 Å². The first kappa shape index (κ1) is 14.5. The Morgan fingerprint density at radius 2 is 1.95 bits per heavy atom. The van der Waals surface area contributed by atoms with Crippen LogP contribution >= 0.6 is 0 Å². The van der Waals surface area contributed by atoms with Gasteiger partial charge in [-0.3, -0.25) is 4.79 Å². The largest absolute Gasteiger partial charge is 0.394 e. The van der Waals surface area contributed by atoms with Gasteiger partial charge in [0, 0.05) is 6.54 Å². The van der Waals surface area contributed by atoms with Gasteiger partial charge in [0.15, 0.2) is 0 Å². The number of ether oxygens (including phenoxy) is 1. The van der Waals surface area contributed by atoms with Gasteiger partial charge in [0.1, 0.15) is 24.4 Å². The molecule has 5 atom stereocenters. The number of hydrogen-bond donors (Lipinski definition) is 4. The van der Waals surface area contributed by atoms with E-state index in [4.69, 9.17) is 9.84 Å². The smallest absolute Gasteiger partial charge is 0.227 e. The maximum absolute atomic E-state index is 12.1. The number of carbonyl (C=O) groups is 1. The minimum Gasteiger partial charge on any atom is -0.394 e. The highest BCUT2D eigenvalue weighted by Crippen LogP contribution is 2.34. The molecule has 6 heteroatoms. The van der Waals surface area contributed by atoms with Crippen LogP contribution in [0.25, 0.3) is 0 Å². The van der Waals surface area contributed by atoms with E-state index in [-0.39, 0.29) is 25.0 Å². The zero-order chi connectivity index (χ0) is 15.0. The molecular weight excluding hydrogens is 274 g/mol. The average Bonchev–Trinajstić information content (AvgIpc) is 2.74. The predicted octanol–water partition coefficient (Wildman–Crippen LogP) is -1.08. The van der Waals surface area contributed by atoms with Crippen molar-refractivity contribution in [2.24, 2.45) is 0 Å². The molecule has 4 N–H and O–H groups in total. The number of aliphatic hydroxyl groups excluding tert-OH is 3. The zero-order valence-electron chi connectivity index (χ0n) is 11.5. The van der Waals surface area contributed by atoms with Gasteiger partial charge in [0.25, 0.3) is 0 Å². The molecule has 114 valence electrons. The van der Waals surface area contributed by atoms with Crippen molar-refractivity contribution in [3.63, 3.8) is 0 Å². The molecule has 1 aromatic rings. The van der Waals surface area contributed by atoms with Crippen LogP contribution in [0.4, 0.5) is 0 Å². The van der Waals surface area contributed by atoms with E-state index in [1.54, 1.807) is 0 Å². The summed E-state index contributed by atoms with van der Waals surface area (Å²) < 4.78 is 5.32. The monoisotopic (exact) mass is 293 g/mol. The second-order valence-electron chi connectivity index (χ2n) is 5.58. The van der Waals surface area contributed by atoms with Gasteiger partial charge >= 0.3 is 0 Å². The Bertz CT molecular complexity index is 535. The molecule has 1 saturated heterocycles. The molecular formula is C15H19NO5. The van der Waals surface area contributed by atoms with E-state index in [9.17, 15) is 15.0 Å². The van der Waals surface area contributed by atoms with Gasteiger partial charge in [-0.2, -0.15) is 0 Å². The number of carbonyl (C=O) groups excluding carboxylic acids is 1. The van der Waals surface area contributed by atoms with Crippen molar-refractivity contribution in [1.29, 1.82) is 0 Å². The van der Waals surface area contributed by atoms with Gasteiger partial charge in [-0.05, 0) is 17.5 Å². The number of fused-ring (bicyclic) bond motifs is 1. The third-order valence-electron chi connectivity index (χ3n) is 4.29. The molecule has 3 rings (SSSR count). The molecule has 1 amide bonds. The van der Waals surface area contributed by atoms with Gasteiger partial charge in [0.05, 0.1) is 12.5 Å². The van der Waals surface area contributed by atoms with Crippen molar-refractivity contribution in [1.82, 2.24) is 5.32 Å². The molecule has 21 heavy (non-hydrogen) atoms. The highest BCUT2D eigenvalue weighted by Gasteiger charge is 2.42. The fourth-order valence-electron chi connectivity index (χ4n) is 2.96. The van der Waals surface area contributed by atoms with Crippen LogP contribution in [0.5, 0.6) is 0 Å². The summed E-state index contributed by atoms with van der Waals surface area (Å²) in [5, 5.41) is 31.2. The summed E-state index contributed by atoms with van der Waals surface area (Å²) >= 11 is 0. The zero-order valence-corrected chi connectivity index (χ0v) is 11.5. The van der Waals surface area contributed by atoms with Crippen LogP contribution in [0.1, 0.15) is 17.0 Å². The third kappa shape index (κ3) is 2.55. The molecule has 1 heterocycles. The van der Waals surface area contributed by atoms with E-state index in [0.29, 0.717) is 0 Å². The molecule has 2 aliphatic rings. The second-order valence-corrected chi connectivity index (χ2v) is 5.58. The van der Waals surface area contributed by atoms with E-state index < -0.39 is 24.4 Å². The SMILES string of the molecule is O=C(NC[C@H]1O[C@H](CO)[C@@H](O)[C@@H]1O)C1Cc2ccccc21. The molecule has 0 spiro atoms. The highest BCUT2D eigenvalue weighted by atomic mass is 16.6. The molecule has 1 aliphatic carbocycles. The molecule has 0 radical (unpaired) electrons. The van der Waals surface area contributed by atoms with Crippen molar-refractivity contribution in [3.05, 3.63) is 35.4 Å². The number of rotatable bonds is 4. The Morgan fingerprint density at radius 3 is 2.62 bits per heavy atom. The van der Waals surface area contributed by atoms with E-state index in [1.807, 2.05) is 24.3 Å². The van der Waals surface area contributed by atoms with Crippen molar-refractivity contribution < 1.29 is 24.9 Å². The molecule has 1 unspecified atom stereocenters. The van der Waals surface area contributed by atoms with E-state index in [1.165, 1.54) is 5.56 Å². The Morgan fingerprint density at radius 1 is 1.24 bits per heavy atom. The summed E-state index contributed by atoms with van der Waals surface area (Å²) in [6, 6.07) is 7.80.